The van der Waals surface area contributed by atoms with Gasteiger partial charge in [-0.25, -0.2) is 4.79 Å². The van der Waals surface area contributed by atoms with E-state index in [2.05, 4.69) is 10.3 Å². The van der Waals surface area contributed by atoms with Gasteiger partial charge in [0.15, 0.2) is 0 Å². The van der Waals surface area contributed by atoms with Crippen molar-refractivity contribution in [2.75, 3.05) is 0 Å². The fourth-order valence-electron chi connectivity index (χ4n) is 0.811. The number of rotatable bonds is 1. The number of hydrogen-bond donors (Lipinski definition) is 2. The first-order valence-corrected chi connectivity index (χ1v) is 4.10. The van der Waals surface area contributed by atoms with Crippen LogP contribution in [0, 0.1) is 0 Å². The SMILES string of the molecule is CC(C)(C)NC(=O)Oc1cc[nH]c1. The first-order chi connectivity index (χ1) is 5.97. The summed E-state index contributed by atoms with van der Waals surface area (Å²) < 4.78 is 4.95. The molecule has 0 atom stereocenters. The lowest BCUT2D eigenvalue weighted by molar-refractivity contribution is 0.190. The van der Waals surface area contributed by atoms with Gasteiger partial charge in [0.05, 0.1) is 0 Å². The Morgan fingerprint density at radius 2 is 2.23 bits per heavy atom. The van der Waals surface area contributed by atoms with E-state index >= 15 is 0 Å². The van der Waals surface area contributed by atoms with Gasteiger partial charge >= 0.3 is 6.09 Å². The molecule has 1 heterocycles. The van der Waals surface area contributed by atoms with Gasteiger partial charge in [-0.3, -0.25) is 0 Å². The Hall–Kier alpha value is -1.45. The van der Waals surface area contributed by atoms with E-state index < -0.39 is 6.09 Å². The van der Waals surface area contributed by atoms with Gasteiger partial charge in [0.2, 0.25) is 0 Å². The zero-order valence-electron chi connectivity index (χ0n) is 8.05. The molecule has 1 aromatic rings. The molecule has 0 unspecified atom stereocenters. The third-order valence-electron chi connectivity index (χ3n) is 1.26. The summed E-state index contributed by atoms with van der Waals surface area (Å²) in [5, 5.41) is 2.68. The maximum absolute atomic E-state index is 11.2. The quantitative estimate of drug-likeness (QED) is 0.697. The van der Waals surface area contributed by atoms with E-state index in [0.29, 0.717) is 5.75 Å². The van der Waals surface area contributed by atoms with Crippen LogP contribution in [0.1, 0.15) is 20.8 Å². The maximum Gasteiger partial charge on any atom is 0.413 e. The van der Waals surface area contributed by atoms with Crippen LogP contribution in [-0.2, 0) is 0 Å². The zero-order chi connectivity index (χ0) is 9.90. The molecule has 0 aromatic carbocycles. The molecule has 4 heteroatoms. The monoisotopic (exact) mass is 182 g/mol. The summed E-state index contributed by atoms with van der Waals surface area (Å²) in [5.74, 6) is 0.516. The number of H-pyrrole nitrogens is 1. The highest BCUT2D eigenvalue weighted by Gasteiger charge is 2.14. The minimum Gasteiger partial charge on any atom is -0.409 e. The topological polar surface area (TPSA) is 54.1 Å². The zero-order valence-corrected chi connectivity index (χ0v) is 8.05. The summed E-state index contributed by atoms with van der Waals surface area (Å²) in [5.41, 5.74) is -0.270. The number of amides is 1. The van der Waals surface area contributed by atoms with Gasteiger partial charge in [0.25, 0.3) is 0 Å². The van der Waals surface area contributed by atoms with Crippen LogP contribution in [0.2, 0.25) is 0 Å². The molecule has 0 aliphatic heterocycles. The van der Waals surface area contributed by atoms with Gasteiger partial charge < -0.3 is 15.0 Å². The van der Waals surface area contributed by atoms with Crippen molar-refractivity contribution in [1.29, 1.82) is 0 Å². The van der Waals surface area contributed by atoms with Crippen molar-refractivity contribution in [2.24, 2.45) is 0 Å². The second kappa shape index (κ2) is 3.51. The summed E-state index contributed by atoms with van der Waals surface area (Å²) >= 11 is 0. The lowest BCUT2D eigenvalue weighted by Crippen LogP contribution is -2.42. The molecule has 0 saturated heterocycles. The predicted molar refractivity (Wildman–Crippen MR) is 49.7 cm³/mol. The van der Waals surface area contributed by atoms with Crippen molar-refractivity contribution >= 4 is 6.09 Å². The van der Waals surface area contributed by atoms with E-state index in [9.17, 15) is 4.79 Å². The maximum atomic E-state index is 11.2. The van der Waals surface area contributed by atoms with Crippen molar-refractivity contribution in [2.45, 2.75) is 26.3 Å². The average molecular weight is 182 g/mol. The normalized spacial score (nSPS) is 11.0. The van der Waals surface area contributed by atoms with Gasteiger partial charge in [0.1, 0.15) is 5.75 Å². The number of aromatic amines is 1. The number of hydrogen-bond acceptors (Lipinski definition) is 2. The molecule has 1 aromatic heterocycles. The van der Waals surface area contributed by atoms with Gasteiger partial charge in [-0.1, -0.05) is 0 Å². The highest BCUT2D eigenvalue weighted by atomic mass is 16.6. The lowest BCUT2D eigenvalue weighted by atomic mass is 10.1. The van der Waals surface area contributed by atoms with E-state index in [0.717, 1.165) is 0 Å². The molecule has 0 aliphatic rings. The molecule has 2 N–H and O–H groups in total. The van der Waals surface area contributed by atoms with Crippen molar-refractivity contribution < 1.29 is 9.53 Å². The number of nitrogens with one attached hydrogen (secondary N) is 2. The highest BCUT2D eigenvalue weighted by Crippen LogP contribution is 2.08. The molecule has 0 radical (unpaired) electrons. The molecule has 0 saturated carbocycles. The van der Waals surface area contributed by atoms with Crippen LogP contribution in [0.25, 0.3) is 0 Å². The summed E-state index contributed by atoms with van der Waals surface area (Å²) in [6, 6.07) is 1.68. The lowest BCUT2D eigenvalue weighted by Gasteiger charge is -2.19. The Morgan fingerprint density at radius 1 is 1.54 bits per heavy atom. The largest absolute Gasteiger partial charge is 0.413 e. The van der Waals surface area contributed by atoms with Gasteiger partial charge in [-0.15, -0.1) is 0 Å². The minimum atomic E-state index is -0.438. The Kier molecular flexibility index (Phi) is 2.60. The fraction of sp³-hybridized carbons (Fsp3) is 0.444. The molecular formula is C9H14N2O2. The Balaban J connectivity index is 2.43. The van der Waals surface area contributed by atoms with Crippen molar-refractivity contribution in [3.8, 4) is 5.75 Å². The fourth-order valence-corrected chi connectivity index (χ4v) is 0.811. The molecule has 1 amide bonds. The third-order valence-corrected chi connectivity index (χ3v) is 1.26. The Morgan fingerprint density at radius 3 is 2.69 bits per heavy atom. The number of carbonyl (C=O) groups excluding carboxylic acids is 1. The van der Waals surface area contributed by atoms with E-state index in [1.165, 1.54) is 0 Å². The summed E-state index contributed by atoms with van der Waals surface area (Å²) in [6.45, 7) is 5.68. The molecule has 0 aliphatic carbocycles. The van der Waals surface area contributed by atoms with E-state index in [1.54, 1.807) is 18.5 Å². The highest BCUT2D eigenvalue weighted by molar-refractivity contribution is 5.70. The van der Waals surface area contributed by atoms with Crippen molar-refractivity contribution in [3.63, 3.8) is 0 Å². The average Bonchev–Trinajstić information content (AvgIpc) is 2.34. The van der Waals surface area contributed by atoms with Crippen molar-refractivity contribution in [3.05, 3.63) is 18.5 Å². The molecule has 1 rings (SSSR count). The first-order valence-electron chi connectivity index (χ1n) is 4.10. The molecule has 4 nitrogen and oxygen atoms in total. The smallest absolute Gasteiger partial charge is 0.409 e. The molecule has 72 valence electrons. The molecule has 13 heavy (non-hydrogen) atoms. The van der Waals surface area contributed by atoms with Crippen LogP contribution in [0.5, 0.6) is 5.75 Å². The van der Waals surface area contributed by atoms with Gasteiger partial charge in [-0.2, -0.15) is 0 Å². The van der Waals surface area contributed by atoms with Gasteiger partial charge in [0, 0.05) is 17.9 Å². The van der Waals surface area contributed by atoms with Crippen LogP contribution in [0.15, 0.2) is 18.5 Å². The molecule has 0 fully saturated rings. The summed E-state index contributed by atoms with van der Waals surface area (Å²) in [4.78, 5) is 14.0. The summed E-state index contributed by atoms with van der Waals surface area (Å²) in [7, 11) is 0. The van der Waals surface area contributed by atoms with Crippen LogP contribution in [0.4, 0.5) is 4.79 Å². The third kappa shape index (κ3) is 3.64. The van der Waals surface area contributed by atoms with Gasteiger partial charge in [-0.05, 0) is 26.8 Å². The van der Waals surface area contributed by atoms with E-state index in [-0.39, 0.29) is 5.54 Å². The summed E-state index contributed by atoms with van der Waals surface area (Å²) in [6.07, 6.45) is 2.87. The molecule has 0 bridgehead atoms. The van der Waals surface area contributed by atoms with E-state index in [4.69, 9.17) is 4.74 Å². The second-order valence-corrected chi connectivity index (χ2v) is 3.81. The minimum absolute atomic E-state index is 0.270. The predicted octanol–water partition coefficient (Wildman–Crippen LogP) is 1.90. The molecule has 0 spiro atoms. The Bertz CT molecular complexity index is 272. The van der Waals surface area contributed by atoms with Crippen LogP contribution in [0.3, 0.4) is 0 Å². The van der Waals surface area contributed by atoms with Crippen LogP contribution in [-0.4, -0.2) is 16.6 Å². The number of ether oxygens (including phenoxy) is 1. The van der Waals surface area contributed by atoms with Crippen LogP contribution < -0.4 is 10.1 Å². The number of aromatic nitrogens is 1. The van der Waals surface area contributed by atoms with Crippen molar-refractivity contribution in [1.82, 2.24) is 10.3 Å². The second-order valence-electron chi connectivity index (χ2n) is 3.81. The standard InChI is InChI=1S/C9H14N2O2/c1-9(2,3)11-8(12)13-7-4-5-10-6-7/h4-6,10H,1-3H3,(H,11,12). The first kappa shape index (κ1) is 9.64. The number of carbonyl (C=O) groups is 1. The molecular weight excluding hydrogens is 168 g/mol. The van der Waals surface area contributed by atoms with Crippen LogP contribution >= 0.6 is 0 Å². The Labute approximate surface area is 77.3 Å². The van der Waals surface area contributed by atoms with E-state index in [1.807, 2.05) is 20.8 Å².